The van der Waals surface area contributed by atoms with E-state index in [-0.39, 0.29) is 0 Å². The molecule has 3 aromatic heterocycles. The van der Waals surface area contributed by atoms with Crippen molar-refractivity contribution in [1.29, 1.82) is 0 Å². The predicted molar refractivity (Wildman–Crippen MR) is 136 cm³/mol. The smallest absolute Gasteiger partial charge is 0.184 e. The summed E-state index contributed by atoms with van der Waals surface area (Å²) in [5, 5.41) is 19.0. The molecule has 0 atom stereocenters. The van der Waals surface area contributed by atoms with Gasteiger partial charge in [0.05, 0.1) is 22.3 Å². The number of tetrazole rings is 1. The molecule has 1 aliphatic carbocycles. The fraction of sp³-hybridized carbons (Fsp3) is 0.269. The van der Waals surface area contributed by atoms with Crippen LogP contribution < -0.4 is 0 Å². The maximum atomic E-state index is 11.8. The summed E-state index contributed by atoms with van der Waals surface area (Å²) in [4.78, 5) is 5.09. The van der Waals surface area contributed by atoms with Crippen LogP contribution in [0.1, 0.15) is 43.7 Å². The Morgan fingerprint density at radius 2 is 1.53 bits per heavy atom. The Morgan fingerprint density at radius 3 is 2.17 bits per heavy atom. The van der Waals surface area contributed by atoms with Crippen LogP contribution in [0.4, 0.5) is 0 Å². The number of rotatable bonds is 5. The summed E-state index contributed by atoms with van der Waals surface area (Å²) in [6.45, 7) is 0. The first-order valence-corrected chi connectivity index (χ1v) is 13.9. The molecule has 0 bridgehead atoms. The molecule has 2 aromatic carbocycles. The van der Waals surface area contributed by atoms with Gasteiger partial charge in [-0.25, -0.2) is 23.0 Å². The summed E-state index contributed by atoms with van der Waals surface area (Å²) >= 11 is 0. The Bertz CT molecular complexity index is 1620. The standard InChI is InChI=1S/C26H25N7O2S/c1-36(34,35)21-13-11-18(12-14-21)17-7-9-19(10-8-17)22-15-27-26-23(25-29-31-32-30-25)16-28-33(26)24(22)20-5-3-2-4-6-20/h7-16,20H,2-6H2,1H3,(H,29,30,31,32). The number of fused-ring (bicyclic) bond motifs is 1. The van der Waals surface area contributed by atoms with E-state index in [0.29, 0.717) is 16.6 Å². The van der Waals surface area contributed by atoms with Crippen LogP contribution in [-0.4, -0.2) is 49.9 Å². The Morgan fingerprint density at radius 1 is 0.861 bits per heavy atom. The zero-order valence-electron chi connectivity index (χ0n) is 19.8. The summed E-state index contributed by atoms with van der Waals surface area (Å²) in [6.07, 6.45) is 10.8. The molecule has 10 heteroatoms. The molecule has 0 radical (unpaired) electrons. The number of aromatic amines is 1. The first-order chi connectivity index (χ1) is 17.5. The van der Waals surface area contributed by atoms with Gasteiger partial charge in [0, 0.05) is 23.9 Å². The van der Waals surface area contributed by atoms with Crippen LogP contribution in [0, 0.1) is 0 Å². The maximum Gasteiger partial charge on any atom is 0.184 e. The summed E-state index contributed by atoms with van der Waals surface area (Å²) in [7, 11) is -3.22. The molecule has 182 valence electrons. The van der Waals surface area contributed by atoms with Crippen molar-refractivity contribution in [2.45, 2.75) is 42.9 Å². The number of aromatic nitrogens is 7. The third kappa shape index (κ3) is 4.07. The third-order valence-corrected chi connectivity index (χ3v) is 8.10. The quantitative estimate of drug-likeness (QED) is 0.372. The Balaban J connectivity index is 1.42. The number of nitrogens with one attached hydrogen (secondary N) is 1. The van der Waals surface area contributed by atoms with Crippen molar-refractivity contribution in [3.05, 3.63) is 66.6 Å². The summed E-state index contributed by atoms with van der Waals surface area (Å²) in [5.41, 5.74) is 6.80. The number of nitrogens with zero attached hydrogens (tertiary/aromatic N) is 6. The maximum absolute atomic E-state index is 11.8. The van der Waals surface area contributed by atoms with Gasteiger partial charge in [0.1, 0.15) is 0 Å². The van der Waals surface area contributed by atoms with E-state index >= 15 is 0 Å². The van der Waals surface area contributed by atoms with E-state index in [0.717, 1.165) is 46.3 Å². The highest BCUT2D eigenvalue weighted by Gasteiger charge is 2.25. The van der Waals surface area contributed by atoms with Crippen molar-refractivity contribution >= 4 is 15.5 Å². The van der Waals surface area contributed by atoms with Crippen LogP contribution in [0.5, 0.6) is 0 Å². The molecule has 1 aliphatic rings. The molecule has 0 spiro atoms. The fourth-order valence-electron chi connectivity index (χ4n) is 5.12. The molecule has 5 aromatic rings. The molecule has 1 N–H and O–H groups in total. The average Bonchev–Trinajstić information content (AvgIpc) is 3.58. The second-order valence-corrected chi connectivity index (χ2v) is 11.3. The van der Waals surface area contributed by atoms with E-state index in [9.17, 15) is 8.42 Å². The van der Waals surface area contributed by atoms with Crippen molar-refractivity contribution in [2.24, 2.45) is 0 Å². The SMILES string of the molecule is CS(=O)(=O)c1ccc(-c2ccc(-c3cnc4c(-c5nnn[nH]5)cnn4c3C3CCCCC3)cc2)cc1. The van der Waals surface area contributed by atoms with Crippen LogP contribution in [-0.2, 0) is 9.84 Å². The van der Waals surface area contributed by atoms with Crippen molar-refractivity contribution < 1.29 is 8.42 Å². The van der Waals surface area contributed by atoms with E-state index in [1.165, 1.54) is 31.2 Å². The van der Waals surface area contributed by atoms with Gasteiger partial charge >= 0.3 is 0 Å². The molecule has 36 heavy (non-hydrogen) atoms. The number of sulfone groups is 1. The lowest BCUT2D eigenvalue weighted by molar-refractivity contribution is 0.431. The molecule has 0 unspecified atom stereocenters. The van der Waals surface area contributed by atoms with Gasteiger partial charge in [-0.15, -0.1) is 5.10 Å². The Hall–Kier alpha value is -3.92. The molecule has 9 nitrogen and oxygen atoms in total. The van der Waals surface area contributed by atoms with Gasteiger partial charge in [-0.3, -0.25) is 0 Å². The highest BCUT2D eigenvalue weighted by Crippen LogP contribution is 2.39. The lowest BCUT2D eigenvalue weighted by Gasteiger charge is -2.25. The zero-order valence-corrected chi connectivity index (χ0v) is 20.6. The van der Waals surface area contributed by atoms with E-state index < -0.39 is 9.84 Å². The minimum absolute atomic E-state index is 0.319. The van der Waals surface area contributed by atoms with Gasteiger partial charge in [0.2, 0.25) is 0 Å². The van der Waals surface area contributed by atoms with Crippen molar-refractivity contribution in [1.82, 2.24) is 35.2 Å². The van der Waals surface area contributed by atoms with E-state index in [4.69, 9.17) is 10.1 Å². The lowest BCUT2D eigenvalue weighted by atomic mass is 9.84. The van der Waals surface area contributed by atoms with E-state index in [1.807, 2.05) is 22.8 Å². The van der Waals surface area contributed by atoms with E-state index in [1.54, 1.807) is 18.3 Å². The Labute approximate surface area is 208 Å². The van der Waals surface area contributed by atoms with Gasteiger partial charge in [0.15, 0.2) is 21.3 Å². The zero-order chi connectivity index (χ0) is 24.7. The summed E-state index contributed by atoms with van der Waals surface area (Å²) < 4.78 is 25.5. The van der Waals surface area contributed by atoms with E-state index in [2.05, 4.69) is 44.9 Å². The minimum Gasteiger partial charge on any atom is -0.239 e. The summed E-state index contributed by atoms with van der Waals surface area (Å²) in [6, 6.07) is 15.3. The number of hydrogen-bond acceptors (Lipinski definition) is 7. The second kappa shape index (κ2) is 8.94. The highest BCUT2D eigenvalue weighted by molar-refractivity contribution is 7.90. The van der Waals surface area contributed by atoms with Gasteiger partial charge in [0.25, 0.3) is 0 Å². The average molecular weight is 500 g/mol. The molecule has 3 heterocycles. The van der Waals surface area contributed by atoms with Crippen molar-refractivity contribution in [3.63, 3.8) is 0 Å². The number of hydrogen-bond donors (Lipinski definition) is 1. The number of benzene rings is 2. The summed E-state index contributed by atoms with van der Waals surface area (Å²) in [5.74, 6) is 0.939. The fourth-order valence-corrected chi connectivity index (χ4v) is 5.75. The third-order valence-electron chi connectivity index (χ3n) is 6.97. The largest absolute Gasteiger partial charge is 0.239 e. The number of H-pyrrole nitrogens is 1. The predicted octanol–water partition coefficient (Wildman–Crippen LogP) is 4.69. The first-order valence-electron chi connectivity index (χ1n) is 12.0. The van der Waals surface area contributed by atoms with Crippen molar-refractivity contribution in [2.75, 3.05) is 6.26 Å². The van der Waals surface area contributed by atoms with Crippen LogP contribution in [0.25, 0.3) is 39.3 Å². The van der Waals surface area contributed by atoms with Gasteiger partial charge < -0.3 is 0 Å². The molecule has 1 fully saturated rings. The molecular weight excluding hydrogens is 474 g/mol. The van der Waals surface area contributed by atoms with Gasteiger partial charge in [-0.2, -0.15) is 5.10 Å². The van der Waals surface area contributed by atoms with Gasteiger partial charge in [-0.1, -0.05) is 55.7 Å². The van der Waals surface area contributed by atoms with Crippen LogP contribution in [0.2, 0.25) is 0 Å². The van der Waals surface area contributed by atoms with Crippen molar-refractivity contribution in [3.8, 4) is 33.6 Å². The molecule has 0 aliphatic heterocycles. The van der Waals surface area contributed by atoms with Crippen LogP contribution >= 0.6 is 0 Å². The van der Waals surface area contributed by atoms with Crippen LogP contribution in [0.15, 0.2) is 65.8 Å². The topological polar surface area (TPSA) is 119 Å². The normalized spacial score (nSPS) is 14.9. The molecular formula is C26H25N7O2S. The van der Waals surface area contributed by atoms with Gasteiger partial charge in [-0.05, 0) is 52.1 Å². The molecule has 0 saturated heterocycles. The van der Waals surface area contributed by atoms with Crippen LogP contribution in [0.3, 0.4) is 0 Å². The second-order valence-electron chi connectivity index (χ2n) is 9.31. The Kier molecular flexibility index (Phi) is 5.60. The molecule has 6 rings (SSSR count). The minimum atomic E-state index is -3.22. The lowest BCUT2D eigenvalue weighted by Crippen LogP contribution is -2.12. The highest BCUT2D eigenvalue weighted by atomic mass is 32.2. The first kappa shape index (κ1) is 22.5. The molecule has 1 saturated carbocycles. The monoisotopic (exact) mass is 499 g/mol. The molecule has 0 amide bonds.